The number of methoxy groups -OCH3 is 1. The quantitative estimate of drug-likeness (QED) is 0.676. The van der Waals surface area contributed by atoms with Crippen molar-refractivity contribution in [3.8, 4) is 11.5 Å². The number of unbranched alkanes of at least 4 members (excludes halogenated alkanes) is 3. The number of benzene rings is 1. The van der Waals surface area contributed by atoms with Gasteiger partial charge in [0.25, 0.3) is 0 Å². The number of hydrogen-bond acceptors (Lipinski definition) is 4. The van der Waals surface area contributed by atoms with Gasteiger partial charge in [-0.1, -0.05) is 12.5 Å². The van der Waals surface area contributed by atoms with Crippen LogP contribution in [0.1, 0.15) is 44.3 Å². The molecule has 0 unspecified atom stereocenters. The number of aliphatic hydroxyl groups is 2. The van der Waals surface area contributed by atoms with Gasteiger partial charge in [-0.25, -0.2) is 0 Å². The summed E-state index contributed by atoms with van der Waals surface area (Å²) >= 11 is 0. The highest BCUT2D eigenvalue weighted by Crippen LogP contribution is 2.30. The number of aliphatic hydroxyl groups excluding tert-OH is 2. The predicted molar refractivity (Wildman–Crippen MR) is 74.7 cm³/mol. The molecule has 0 bridgehead atoms. The van der Waals surface area contributed by atoms with Gasteiger partial charge in [-0.05, 0) is 43.9 Å². The molecule has 1 aromatic carbocycles. The molecule has 2 N–H and O–H groups in total. The molecule has 0 heterocycles. The maximum Gasteiger partial charge on any atom is 0.161 e. The van der Waals surface area contributed by atoms with Crippen LogP contribution in [0.4, 0.5) is 0 Å². The molecule has 0 aliphatic heterocycles. The van der Waals surface area contributed by atoms with Crippen molar-refractivity contribution in [2.45, 2.75) is 38.7 Å². The first-order valence-corrected chi connectivity index (χ1v) is 6.78. The SMILES string of the molecule is COc1cc([C@H](C)O)ccc1OCCCCCCO. The third-order valence-corrected chi connectivity index (χ3v) is 2.98. The van der Waals surface area contributed by atoms with E-state index >= 15 is 0 Å². The van der Waals surface area contributed by atoms with Crippen molar-refractivity contribution in [2.75, 3.05) is 20.3 Å². The largest absolute Gasteiger partial charge is 0.493 e. The summed E-state index contributed by atoms with van der Waals surface area (Å²) in [5.41, 5.74) is 0.812. The summed E-state index contributed by atoms with van der Waals surface area (Å²) in [6.45, 7) is 2.61. The van der Waals surface area contributed by atoms with E-state index in [2.05, 4.69) is 0 Å². The predicted octanol–water partition coefficient (Wildman–Crippen LogP) is 2.68. The van der Waals surface area contributed by atoms with Crippen molar-refractivity contribution in [3.05, 3.63) is 23.8 Å². The molecule has 1 rings (SSSR count). The van der Waals surface area contributed by atoms with Crippen LogP contribution in [-0.4, -0.2) is 30.5 Å². The van der Waals surface area contributed by atoms with Crippen LogP contribution in [0.25, 0.3) is 0 Å². The third kappa shape index (κ3) is 5.49. The van der Waals surface area contributed by atoms with E-state index in [1.54, 1.807) is 20.1 Å². The van der Waals surface area contributed by atoms with E-state index in [1.165, 1.54) is 0 Å². The fraction of sp³-hybridized carbons (Fsp3) is 0.600. The molecular weight excluding hydrogens is 244 g/mol. The van der Waals surface area contributed by atoms with Gasteiger partial charge >= 0.3 is 0 Å². The lowest BCUT2D eigenvalue weighted by Crippen LogP contribution is -2.01. The van der Waals surface area contributed by atoms with Crippen molar-refractivity contribution in [1.29, 1.82) is 0 Å². The van der Waals surface area contributed by atoms with Gasteiger partial charge in [-0.15, -0.1) is 0 Å². The molecule has 0 aliphatic carbocycles. The average molecular weight is 268 g/mol. The summed E-state index contributed by atoms with van der Waals surface area (Å²) in [6.07, 6.45) is 3.38. The molecular formula is C15H24O4. The highest BCUT2D eigenvalue weighted by atomic mass is 16.5. The number of ether oxygens (including phenoxy) is 2. The molecule has 0 saturated carbocycles. The Morgan fingerprint density at radius 2 is 1.84 bits per heavy atom. The monoisotopic (exact) mass is 268 g/mol. The summed E-state index contributed by atoms with van der Waals surface area (Å²) in [4.78, 5) is 0. The van der Waals surface area contributed by atoms with Crippen molar-refractivity contribution in [3.63, 3.8) is 0 Å². The Hall–Kier alpha value is -1.26. The minimum absolute atomic E-state index is 0.259. The Morgan fingerprint density at radius 1 is 1.11 bits per heavy atom. The van der Waals surface area contributed by atoms with E-state index in [1.807, 2.05) is 12.1 Å². The van der Waals surface area contributed by atoms with Gasteiger partial charge in [-0.2, -0.15) is 0 Å². The molecule has 0 radical (unpaired) electrons. The molecule has 0 amide bonds. The summed E-state index contributed by atoms with van der Waals surface area (Å²) in [7, 11) is 1.59. The highest BCUT2D eigenvalue weighted by Gasteiger charge is 2.08. The van der Waals surface area contributed by atoms with Gasteiger partial charge in [0.05, 0.1) is 19.8 Å². The molecule has 4 heteroatoms. The molecule has 108 valence electrons. The zero-order valence-corrected chi connectivity index (χ0v) is 11.8. The second-order valence-corrected chi connectivity index (χ2v) is 4.57. The topological polar surface area (TPSA) is 58.9 Å². The van der Waals surface area contributed by atoms with Gasteiger partial charge in [-0.3, -0.25) is 0 Å². The third-order valence-electron chi connectivity index (χ3n) is 2.98. The van der Waals surface area contributed by atoms with Gasteiger partial charge in [0.15, 0.2) is 11.5 Å². The lowest BCUT2D eigenvalue weighted by atomic mass is 10.1. The molecule has 0 saturated heterocycles. The molecule has 4 nitrogen and oxygen atoms in total. The second-order valence-electron chi connectivity index (χ2n) is 4.57. The van der Waals surface area contributed by atoms with Crippen LogP contribution >= 0.6 is 0 Å². The smallest absolute Gasteiger partial charge is 0.161 e. The Bertz CT molecular complexity index is 363. The number of rotatable bonds is 9. The Balaban J connectivity index is 2.44. The highest BCUT2D eigenvalue weighted by molar-refractivity contribution is 5.43. The maximum absolute atomic E-state index is 9.51. The van der Waals surface area contributed by atoms with Crippen LogP contribution < -0.4 is 9.47 Å². The van der Waals surface area contributed by atoms with Crippen LogP contribution in [-0.2, 0) is 0 Å². The van der Waals surface area contributed by atoms with Gasteiger partial charge in [0.1, 0.15) is 0 Å². The van der Waals surface area contributed by atoms with Crippen molar-refractivity contribution < 1.29 is 19.7 Å². The summed E-state index contributed by atoms with van der Waals surface area (Å²) in [5.74, 6) is 1.35. The zero-order chi connectivity index (χ0) is 14.1. The van der Waals surface area contributed by atoms with Gasteiger partial charge in [0, 0.05) is 6.61 Å². The molecule has 0 fully saturated rings. The lowest BCUT2D eigenvalue weighted by Gasteiger charge is -2.13. The first kappa shape index (κ1) is 15.8. The van der Waals surface area contributed by atoms with Crippen LogP contribution in [0.15, 0.2) is 18.2 Å². The number of hydrogen-bond donors (Lipinski definition) is 2. The molecule has 1 atom stereocenters. The van der Waals surface area contributed by atoms with E-state index < -0.39 is 6.10 Å². The lowest BCUT2D eigenvalue weighted by molar-refractivity contribution is 0.198. The van der Waals surface area contributed by atoms with E-state index in [4.69, 9.17) is 14.6 Å². The molecule has 19 heavy (non-hydrogen) atoms. The normalized spacial score (nSPS) is 12.2. The standard InChI is InChI=1S/C15H24O4/c1-12(17)13-7-8-14(15(11-13)18-2)19-10-6-4-3-5-9-16/h7-8,11-12,16-17H,3-6,9-10H2,1-2H3/t12-/m0/s1. The summed E-state index contributed by atoms with van der Waals surface area (Å²) in [5, 5.41) is 18.2. The van der Waals surface area contributed by atoms with Crippen LogP contribution in [0, 0.1) is 0 Å². The Morgan fingerprint density at radius 3 is 2.47 bits per heavy atom. The van der Waals surface area contributed by atoms with E-state index in [-0.39, 0.29) is 6.61 Å². The van der Waals surface area contributed by atoms with Crippen molar-refractivity contribution >= 4 is 0 Å². The minimum atomic E-state index is -0.513. The van der Waals surface area contributed by atoms with Gasteiger partial charge in [0.2, 0.25) is 0 Å². The maximum atomic E-state index is 9.51. The van der Waals surface area contributed by atoms with Crippen LogP contribution in [0.5, 0.6) is 11.5 Å². The van der Waals surface area contributed by atoms with E-state index in [0.29, 0.717) is 18.1 Å². The average Bonchev–Trinajstić information content (AvgIpc) is 2.42. The molecule has 0 spiro atoms. The fourth-order valence-electron chi connectivity index (χ4n) is 1.81. The first-order chi connectivity index (χ1) is 9.19. The van der Waals surface area contributed by atoms with Crippen molar-refractivity contribution in [2.24, 2.45) is 0 Å². The van der Waals surface area contributed by atoms with Crippen LogP contribution in [0.2, 0.25) is 0 Å². The van der Waals surface area contributed by atoms with Gasteiger partial charge < -0.3 is 19.7 Å². The second kappa shape index (κ2) is 8.77. The Labute approximate surface area is 115 Å². The molecule has 1 aromatic rings. The Kier molecular flexibility index (Phi) is 7.30. The fourth-order valence-corrected chi connectivity index (χ4v) is 1.81. The zero-order valence-electron chi connectivity index (χ0n) is 11.8. The summed E-state index contributed by atoms with van der Waals surface area (Å²) < 4.78 is 10.9. The molecule has 0 aliphatic rings. The van der Waals surface area contributed by atoms with E-state index in [9.17, 15) is 5.11 Å². The van der Waals surface area contributed by atoms with E-state index in [0.717, 1.165) is 31.2 Å². The molecule has 0 aromatic heterocycles. The first-order valence-electron chi connectivity index (χ1n) is 6.78. The van der Waals surface area contributed by atoms with Crippen molar-refractivity contribution in [1.82, 2.24) is 0 Å². The minimum Gasteiger partial charge on any atom is -0.493 e. The van der Waals surface area contributed by atoms with Crippen LogP contribution in [0.3, 0.4) is 0 Å². The summed E-state index contributed by atoms with van der Waals surface area (Å²) in [6, 6.07) is 5.47.